The third-order valence-electron chi connectivity index (χ3n) is 6.51. The molecule has 3 heterocycles. The number of aromatic nitrogens is 4. The molecule has 3 aromatic rings. The lowest BCUT2D eigenvalue weighted by Crippen LogP contribution is -2.41. The highest BCUT2D eigenvalue weighted by atomic mass is 16.6. The maximum Gasteiger partial charge on any atom is 0.410 e. The van der Waals surface area contributed by atoms with Gasteiger partial charge in [-0.15, -0.1) is 0 Å². The summed E-state index contributed by atoms with van der Waals surface area (Å²) in [6.07, 6.45) is 4.09. The van der Waals surface area contributed by atoms with Crippen molar-refractivity contribution in [3.63, 3.8) is 0 Å². The summed E-state index contributed by atoms with van der Waals surface area (Å²) in [5, 5.41) is 14.1. The van der Waals surface area contributed by atoms with Crippen LogP contribution in [0.5, 0.6) is 0 Å². The number of anilines is 4. The molecule has 190 valence electrons. The van der Waals surface area contributed by atoms with Gasteiger partial charge < -0.3 is 20.3 Å². The van der Waals surface area contributed by atoms with Crippen molar-refractivity contribution in [2.45, 2.75) is 70.8 Å². The van der Waals surface area contributed by atoms with Crippen LogP contribution < -0.4 is 10.6 Å². The second-order valence-electron chi connectivity index (χ2n) is 10.8. The van der Waals surface area contributed by atoms with E-state index in [0.29, 0.717) is 36.7 Å². The number of aromatic amines is 1. The third kappa shape index (κ3) is 6.13. The normalized spacial score (nSPS) is 16.6. The van der Waals surface area contributed by atoms with Crippen molar-refractivity contribution in [2.75, 3.05) is 23.7 Å². The van der Waals surface area contributed by atoms with Crippen LogP contribution in [0.1, 0.15) is 75.2 Å². The van der Waals surface area contributed by atoms with E-state index in [4.69, 9.17) is 4.74 Å². The topological polar surface area (TPSA) is 108 Å². The number of piperidine rings is 1. The lowest BCUT2D eigenvalue weighted by molar-refractivity contribution is 0.0205. The zero-order valence-electron chi connectivity index (χ0n) is 21.5. The molecule has 3 N–H and O–H groups in total. The number of amides is 1. The molecule has 1 saturated carbocycles. The molecule has 9 nitrogen and oxygen atoms in total. The molecule has 1 aliphatic heterocycles. The molecule has 1 aliphatic carbocycles. The Kier molecular flexibility index (Phi) is 6.55. The van der Waals surface area contributed by atoms with Crippen molar-refractivity contribution in [3.05, 3.63) is 53.3 Å². The predicted molar refractivity (Wildman–Crippen MR) is 140 cm³/mol. The Morgan fingerprint density at radius 1 is 0.972 bits per heavy atom. The molecule has 0 radical (unpaired) electrons. The molecule has 2 aromatic heterocycles. The summed E-state index contributed by atoms with van der Waals surface area (Å²) in [5.41, 5.74) is 3.78. The number of ether oxygens (including phenoxy) is 1. The van der Waals surface area contributed by atoms with Crippen molar-refractivity contribution in [2.24, 2.45) is 0 Å². The van der Waals surface area contributed by atoms with Gasteiger partial charge in [0.1, 0.15) is 11.4 Å². The number of rotatable bonds is 6. The lowest BCUT2D eigenvalue weighted by atomic mass is 9.89. The van der Waals surface area contributed by atoms with E-state index in [2.05, 4.69) is 61.1 Å². The van der Waals surface area contributed by atoms with E-state index in [9.17, 15) is 4.79 Å². The fraction of sp³-hybridized carbons (Fsp3) is 0.481. The smallest absolute Gasteiger partial charge is 0.410 e. The van der Waals surface area contributed by atoms with Crippen LogP contribution in [0.15, 0.2) is 36.4 Å². The highest BCUT2D eigenvalue weighted by Crippen LogP contribution is 2.39. The van der Waals surface area contributed by atoms with E-state index >= 15 is 0 Å². The predicted octanol–water partition coefficient (Wildman–Crippen LogP) is 5.99. The summed E-state index contributed by atoms with van der Waals surface area (Å²) < 4.78 is 5.51. The first-order valence-electron chi connectivity index (χ1n) is 12.7. The number of nitrogens with one attached hydrogen (secondary N) is 3. The summed E-state index contributed by atoms with van der Waals surface area (Å²) in [4.78, 5) is 23.3. The lowest BCUT2D eigenvalue weighted by Gasteiger charge is -2.33. The van der Waals surface area contributed by atoms with Crippen molar-refractivity contribution in [3.8, 4) is 0 Å². The maximum absolute atomic E-state index is 12.3. The summed E-state index contributed by atoms with van der Waals surface area (Å²) in [6.45, 7) is 9.07. The first kappa shape index (κ1) is 24.1. The van der Waals surface area contributed by atoms with Crippen LogP contribution in [-0.2, 0) is 4.74 Å². The van der Waals surface area contributed by atoms with E-state index in [1.54, 1.807) is 0 Å². The van der Waals surface area contributed by atoms with Gasteiger partial charge in [0.2, 0.25) is 5.95 Å². The van der Waals surface area contributed by atoms with Gasteiger partial charge in [-0.3, -0.25) is 5.10 Å². The molecule has 0 bridgehead atoms. The third-order valence-corrected chi connectivity index (χ3v) is 6.51. The highest BCUT2D eigenvalue weighted by Gasteiger charge is 2.28. The van der Waals surface area contributed by atoms with Crippen molar-refractivity contribution >= 4 is 29.4 Å². The number of hydrogen-bond donors (Lipinski definition) is 3. The van der Waals surface area contributed by atoms with Crippen LogP contribution in [0, 0.1) is 6.92 Å². The van der Waals surface area contributed by atoms with Gasteiger partial charge in [0.25, 0.3) is 0 Å². The maximum atomic E-state index is 12.3. The molecule has 2 fully saturated rings. The zero-order valence-corrected chi connectivity index (χ0v) is 21.5. The van der Waals surface area contributed by atoms with Crippen LogP contribution in [0.2, 0.25) is 0 Å². The number of carbonyl (C=O) groups excluding carboxylic acids is 1. The Hall–Kier alpha value is -3.62. The van der Waals surface area contributed by atoms with Crippen LogP contribution in [-0.4, -0.2) is 49.8 Å². The molecule has 1 amide bonds. The molecule has 1 saturated heterocycles. The fourth-order valence-electron chi connectivity index (χ4n) is 4.51. The standard InChI is InChI=1S/C27H35N7O2/c1-17-15-23(30-24-16-22(32-33-24)20-5-6-20)31-25(28-17)29-21-9-7-18(8-10-21)19-11-13-34(14-12-19)26(35)36-27(2,3)4/h7-10,15-16,19-20H,5-6,11-14H2,1-4H3,(H3,28,29,30,31,32,33). The van der Waals surface area contributed by atoms with E-state index < -0.39 is 5.60 Å². The van der Waals surface area contributed by atoms with Crippen LogP contribution in [0.25, 0.3) is 0 Å². The van der Waals surface area contributed by atoms with E-state index in [0.717, 1.165) is 30.0 Å². The Morgan fingerprint density at radius 3 is 2.36 bits per heavy atom. The minimum atomic E-state index is -0.465. The summed E-state index contributed by atoms with van der Waals surface area (Å²) in [6, 6.07) is 12.4. The molecule has 36 heavy (non-hydrogen) atoms. The Labute approximate surface area is 212 Å². The summed E-state index contributed by atoms with van der Waals surface area (Å²) >= 11 is 0. The number of likely N-dealkylation sites (tertiary alicyclic amines) is 1. The van der Waals surface area contributed by atoms with E-state index in [1.165, 1.54) is 24.1 Å². The molecular formula is C27H35N7O2. The van der Waals surface area contributed by atoms with Crippen LogP contribution in [0.3, 0.4) is 0 Å². The van der Waals surface area contributed by atoms with E-state index in [-0.39, 0.29) is 6.09 Å². The molecule has 0 unspecified atom stereocenters. The van der Waals surface area contributed by atoms with Gasteiger partial charge in [0, 0.05) is 48.2 Å². The molecule has 0 spiro atoms. The largest absolute Gasteiger partial charge is 0.444 e. The van der Waals surface area contributed by atoms with Gasteiger partial charge in [0.05, 0.1) is 0 Å². The van der Waals surface area contributed by atoms with Crippen LogP contribution >= 0.6 is 0 Å². The van der Waals surface area contributed by atoms with Crippen molar-refractivity contribution in [1.29, 1.82) is 0 Å². The van der Waals surface area contributed by atoms with Gasteiger partial charge >= 0.3 is 6.09 Å². The van der Waals surface area contributed by atoms with Crippen molar-refractivity contribution < 1.29 is 9.53 Å². The number of hydrogen-bond acceptors (Lipinski definition) is 7. The second kappa shape index (κ2) is 9.79. The SMILES string of the molecule is Cc1cc(Nc2cc(C3CC3)[nH]n2)nc(Nc2ccc(C3CCN(C(=O)OC(C)(C)C)CC3)cc2)n1. The Bertz CT molecular complexity index is 1200. The first-order chi connectivity index (χ1) is 17.2. The molecule has 0 atom stereocenters. The van der Waals surface area contributed by atoms with Gasteiger partial charge in [-0.25, -0.2) is 9.78 Å². The highest BCUT2D eigenvalue weighted by molar-refractivity contribution is 5.68. The molecular weight excluding hydrogens is 454 g/mol. The fourth-order valence-corrected chi connectivity index (χ4v) is 4.51. The number of carbonyl (C=O) groups is 1. The first-order valence-corrected chi connectivity index (χ1v) is 12.7. The van der Waals surface area contributed by atoms with Gasteiger partial charge in [-0.2, -0.15) is 10.1 Å². The van der Waals surface area contributed by atoms with Gasteiger partial charge in [0.15, 0.2) is 5.82 Å². The van der Waals surface area contributed by atoms with Gasteiger partial charge in [-0.05, 0) is 77.0 Å². The number of H-pyrrole nitrogens is 1. The average Bonchev–Trinajstić information content (AvgIpc) is 3.57. The minimum absolute atomic E-state index is 0.219. The second-order valence-corrected chi connectivity index (χ2v) is 10.8. The Balaban J connectivity index is 1.17. The monoisotopic (exact) mass is 489 g/mol. The van der Waals surface area contributed by atoms with E-state index in [1.807, 2.05) is 38.7 Å². The summed E-state index contributed by atoms with van der Waals surface area (Å²) in [5.74, 6) is 3.06. The van der Waals surface area contributed by atoms with Gasteiger partial charge in [-0.1, -0.05) is 12.1 Å². The van der Waals surface area contributed by atoms with Crippen molar-refractivity contribution in [1.82, 2.24) is 25.1 Å². The molecule has 2 aliphatic rings. The quantitative estimate of drug-likeness (QED) is 0.390. The zero-order chi connectivity index (χ0) is 25.3. The summed E-state index contributed by atoms with van der Waals surface area (Å²) in [7, 11) is 0. The minimum Gasteiger partial charge on any atom is -0.444 e. The van der Waals surface area contributed by atoms with Crippen LogP contribution in [0.4, 0.5) is 28.1 Å². The average molecular weight is 490 g/mol. The Morgan fingerprint density at radius 2 is 1.69 bits per heavy atom. The molecule has 1 aromatic carbocycles. The number of aryl methyl sites for hydroxylation is 1. The molecule has 9 heteroatoms. The molecule has 5 rings (SSSR count). The number of nitrogens with zero attached hydrogens (tertiary/aromatic N) is 4. The number of benzene rings is 1.